The molecule has 3 aromatic carbocycles. The lowest BCUT2D eigenvalue weighted by Crippen LogP contribution is -2.31. The molecule has 48 heavy (non-hydrogen) atoms. The summed E-state index contributed by atoms with van der Waals surface area (Å²) in [6.07, 6.45) is 3.84. The zero-order valence-corrected chi connectivity index (χ0v) is 27.9. The van der Waals surface area contributed by atoms with Crippen LogP contribution in [0.25, 0.3) is 11.5 Å². The van der Waals surface area contributed by atoms with Gasteiger partial charge in [-0.05, 0) is 69.1 Å². The van der Waals surface area contributed by atoms with Crippen molar-refractivity contribution in [2.45, 2.75) is 58.3 Å². The van der Waals surface area contributed by atoms with Crippen LogP contribution in [0.1, 0.15) is 58.3 Å². The maximum Gasteiger partial charge on any atom is 0.338 e. The summed E-state index contributed by atoms with van der Waals surface area (Å²) < 4.78 is 25.1. The van der Waals surface area contributed by atoms with Gasteiger partial charge in [-0.3, -0.25) is 10.00 Å². The summed E-state index contributed by atoms with van der Waals surface area (Å²) in [5.74, 6) is 1.22. The lowest BCUT2D eigenvalue weighted by molar-refractivity contribution is 0.0600. The molecule has 1 saturated heterocycles. The van der Waals surface area contributed by atoms with Gasteiger partial charge < -0.3 is 19.4 Å². The maximum absolute atomic E-state index is 14.4. The van der Waals surface area contributed by atoms with Crippen molar-refractivity contribution in [1.82, 2.24) is 30.3 Å². The van der Waals surface area contributed by atoms with Crippen LogP contribution in [-0.2, 0) is 30.8 Å². The number of rotatable bonds is 13. The molecule has 13 heteroatoms. The molecule has 2 N–H and O–H groups in total. The van der Waals surface area contributed by atoms with E-state index in [9.17, 15) is 9.18 Å². The number of nitrogens with one attached hydrogen (secondary N) is 2. The summed E-state index contributed by atoms with van der Waals surface area (Å²) >= 11 is 6.31. The lowest BCUT2D eigenvalue weighted by Gasteiger charge is -2.30. The summed E-state index contributed by atoms with van der Waals surface area (Å²) in [5.41, 5.74) is 4.23. The number of aromatic nitrogens is 5. The van der Waals surface area contributed by atoms with Crippen molar-refractivity contribution in [2.75, 3.05) is 30.9 Å². The van der Waals surface area contributed by atoms with Gasteiger partial charge in [0.25, 0.3) is 0 Å². The minimum Gasteiger partial charge on any atom is -0.465 e. The SMILES string of the molecule is COC(=O)c1cc(F)c(C)c(NCc2nc(CCC3CCCN3c3ccccc3CN(C)Cc3nnc(-c4ccccc4Cl)o3)n[nH]2)c1. The molecule has 1 aliphatic rings. The van der Waals surface area contributed by atoms with Crippen LogP contribution < -0.4 is 10.2 Å². The van der Waals surface area contributed by atoms with E-state index in [2.05, 4.69) is 64.8 Å². The highest BCUT2D eigenvalue weighted by molar-refractivity contribution is 6.33. The first-order valence-electron chi connectivity index (χ1n) is 15.9. The number of anilines is 2. The molecule has 1 unspecified atom stereocenters. The molecule has 250 valence electrons. The van der Waals surface area contributed by atoms with Gasteiger partial charge >= 0.3 is 5.97 Å². The van der Waals surface area contributed by atoms with E-state index in [4.69, 9.17) is 20.8 Å². The summed E-state index contributed by atoms with van der Waals surface area (Å²) in [7, 11) is 3.31. The Morgan fingerprint density at radius 2 is 1.98 bits per heavy atom. The second-order valence-corrected chi connectivity index (χ2v) is 12.4. The van der Waals surface area contributed by atoms with Gasteiger partial charge in [-0.1, -0.05) is 41.9 Å². The molecule has 3 heterocycles. The zero-order valence-electron chi connectivity index (χ0n) is 27.2. The van der Waals surface area contributed by atoms with Crippen molar-refractivity contribution in [3.8, 4) is 11.5 Å². The van der Waals surface area contributed by atoms with Gasteiger partial charge in [0.1, 0.15) is 11.6 Å². The Hall–Kier alpha value is -4.81. The second kappa shape index (κ2) is 15.0. The Labute approximate surface area is 283 Å². The fraction of sp³-hybridized carbons (Fsp3) is 0.343. The number of benzene rings is 3. The second-order valence-electron chi connectivity index (χ2n) is 12.0. The standard InChI is InChI=1S/C35H38ClFN8O3/c1-22-28(37)17-24(35(46)47-3)18-29(22)38-19-32-39-31(40-41-32)15-14-25-10-8-16-45(25)30-13-7-4-9-23(30)20-44(2)21-33-42-43-34(48-33)26-11-5-6-12-27(26)36/h4-7,9,11-13,17-18,25,38H,8,10,14-16,19-21H2,1-3H3,(H,39,40,41). The molecule has 6 rings (SSSR count). The normalized spacial score (nSPS) is 14.5. The predicted octanol–water partition coefficient (Wildman–Crippen LogP) is 6.59. The van der Waals surface area contributed by atoms with Gasteiger partial charge in [0.15, 0.2) is 5.82 Å². The number of carbonyl (C=O) groups is 1. The van der Waals surface area contributed by atoms with Crippen LogP contribution in [0.4, 0.5) is 15.8 Å². The molecular weight excluding hydrogens is 635 g/mol. The number of carbonyl (C=O) groups excluding carboxylic acids is 1. The predicted molar refractivity (Wildman–Crippen MR) is 181 cm³/mol. The highest BCUT2D eigenvalue weighted by atomic mass is 35.5. The van der Waals surface area contributed by atoms with Crippen LogP contribution in [-0.4, -0.2) is 63.0 Å². The van der Waals surface area contributed by atoms with Crippen LogP contribution in [0.15, 0.2) is 65.1 Å². The van der Waals surface area contributed by atoms with Crippen molar-refractivity contribution in [1.29, 1.82) is 0 Å². The van der Waals surface area contributed by atoms with Gasteiger partial charge in [0.2, 0.25) is 11.8 Å². The number of nitrogens with zero attached hydrogens (tertiary/aromatic N) is 6. The third kappa shape index (κ3) is 7.66. The fourth-order valence-electron chi connectivity index (χ4n) is 6.11. The molecule has 5 aromatic rings. The summed E-state index contributed by atoms with van der Waals surface area (Å²) in [6.45, 7) is 4.16. The summed E-state index contributed by atoms with van der Waals surface area (Å²) in [6, 6.07) is 19.1. The molecule has 1 atom stereocenters. The van der Waals surface area contributed by atoms with Crippen molar-refractivity contribution in [2.24, 2.45) is 0 Å². The van der Waals surface area contributed by atoms with Crippen molar-refractivity contribution < 1.29 is 18.3 Å². The highest BCUT2D eigenvalue weighted by Gasteiger charge is 2.27. The first-order valence-corrected chi connectivity index (χ1v) is 16.3. The molecule has 0 bridgehead atoms. The lowest BCUT2D eigenvalue weighted by atomic mass is 10.1. The summed E-state index contributed by atoms with van der Waals surface area (Å²) in [4.78, 5) is 21.3. The van der Waals surface area contributed by atoms with Gasteiger partial charge in [-0.15, -0.1) is 10.2 Å². The molecular formula is C35H38ClFN8O3. The number of halogens is 2. The van der Waals surface area contributed by atoms with E-state index in [1.165, 1.54) is 24.4 Å². The Kier molecular flexibility index (Phi) is 10.3. The topological polar surface area (TPSA) is 125 Å². The smallest absolute Gasteiger partial charge is 0.338 e. The highest BCUT2D eigenvalue weighted by Crippen LogP contribution is 2.32. The number of hydrogen-bond acceptors (Lipinski definition) is 10. The van der Waals surface area contributed by atoms with E-state index in [0.29, 0.717) is 59.6 Å². The first-order chi connectivity index (χ1) is 23.3. The zero-order chi connectivity index (χ0) is 33.6. The number of esters is 1. The van der Waals surface area contributed by atoms with Crippen LogP contribution >= 0.6 is 11.6 Å². The molecule has 0 spiro atoms. The molecule has 1 fully saturated rings. The molecule has 11 nitrogen and oxygen atoms in total. The monoisotopic (exact) mass is 672 g/mol. The number of para-hydroxylation sites is 1. The Balaban J connectivity index is 1.05. The molecule has 0 amide bonds. The Morgan fingerprint density at radius 3 is 2.81 bits per heavy atom. The number of ether oxygens (including phenoxy) is 1. The molecule has 1 aliphatic heterocycles. The maximum atomic E-state index is 14.4. The van der Waals surface area contributed by atoms with E-state index in [1.807, 2.05) is 25.2 Å². The first kappa shape index (κ1) is 33.1. The number of aryl methyl sites for hydroxylation is 1. The van der Waals surface area contributed by atoms with Crippen molar-refractivity contribution in [3.05, 3.63) is 106 Å². The number of H-pyrrole nitrogens is 1. The Bertz CT molecular complexity index is 1880. The van der Waals surface area contributed by atoms with Gasteiger partial charge in [-0.2, -0.15) is 5.10 Å². The van der Waals surface area contributed by atoms with E-state index < -0.39 is 11.8 Å². The fourth-order valence-corrected chi connectivity index (χ4v) is 6.33. The van der Waals surface area contributed by atoms with E-state index >= 15 is 0 Å². The third-order valence-corrected chi connectivity index (χ3v) is 8.92. The van der Waals surface area contributed by atoms with Crippen molar-refractivity contribution in [3.63, 3.8) is 0 Å². The van der Waals surface area contributed by atoms with Crippen LogP contribution in [0.2, 0.25) is 5.02 Å². The minimum atomic E-state index is -0.595. The molecule has 2 aromatic heterocycles. The minimum absolute atomic E-state index is 0.144. The molecule has 0 radical (unpaired) electrons. The van der Waals surface area contributed by atoms with E-state index in [-0.39, 0.29) is 5.56 Å². The van der Waals surface area contributed by atoms with Gasteiger partial charge in [0, 0.05) is 42.5 Å². The van der Waals surface area contributed by atoms with Crippen LogP contribution in [0, 0.1) is 12.7 Å². The number of hydrogen-bond donors (Lipinski definition) is 2. The largest absolute Gasteiger partial charge is 0.465 e. The Morgan fingerprint density at radius 1 is 1.17 bits per heavy atom. The molecule has 0 aliphatic carbocycles. The van der Waals surface area contributed by atoms with Gasteiger partial charge in [-0.25, -0.2) is 14.2 Å². The average molecular weight is 673 g/mol. The van der Waals surface area contributed by atoms with Crippen molar-refractivity contribution >= 4 is 28.9 Å². The molecule has 0 saturated carbocycles. The average Bonchev–Trinajstić information content (AvgIpc) is 3.86. The van der Waals surface area contributed by atoms with E-state index in [1.54, 1.807) is 19.1 Å². The van der Waals surface area contributed by atoms with Crippen LogP contribution in [0.3, 0.4) is 0 Å². The van der Waals surface area contributed by atoms with Crippen LogP contribution in [0.5, 0.6) is 0 Å². The summed E-state index contributed by atoms with van der Waals surface area (Å²) in [5, 5.41) is 19.6. The number of methoxy groups -OCH3 is 1. The third-order valence-electron chi connectivity index (χ3n) is 8.59. The van der Waals surface area contributed by atoms with E-state index in [0.717, 1.165) is 43.6 Å². The van der Waals surface area contributed by atoms with Gasteiger partial charge in [0.05, 0.1) is 36.3 Å². The number of aromatic amines is 1. The quantitative estimate of drug-likeness (QED) is 0.132.